The third kappa shape index (κ3) is 5.25. The zero-order chi connectivity index (χ0) is 41.5. The molecule has 1 aliphatic carbocycles. The van der Waals surface area contributed by atoms with Crippen LogP contribution in [0.2, 0.25) is 0 Å². The van der Waals surface area contributed by atoms with Crippen LogP contribution < -0.4 is 0 Å². The van der Waals surface area contributed by atoms with E-state index in [1.54, 1.807) is 0 Å². The Morgan fingerprint density at radius 1 is 0.254 bits per heavy atom. The Hall–Kier alpha value is -8.20. The Balaban J connectivity index is 1.10. The fourth-order valence-corrected chi connectivity index (χ4v) is 10.9. The van der Waals surface area contributed by atoms with E-state index in [9.17, 15) is 0 Å². The molecule has 0 saturated heterocycles. The molecule has 12 aromatic rings. The van der Waals surface area contributed by atoms with Gasteiger partial charge in [-0.25, -0.2) is 0 Å². The largest absolute Gasteiger partial charge is 0.309 e. The van der Waals surface area contributed by atoms with Crippen LogP contribution in [0.25, 0.3) is 88.4 Å². The summed E-state index contributed by atoms with van der Waals surface area (Å²) in [4.78, 5) is 0. The molecule has 2 nitrogen and oxygen atoms in total. The molecule has 0 amide bonds. The Bertz CT molecular complexity index is 3670. The minimum Gasteiger partial charge on any atom is -0.309 e. The molecule has 0 aliphatic heterocycles. The SMILES string of the molecule is c1ccc(-c2cccc(-n3c4ccc(-c5ccc6c(c5)c5ccccc5n6-c5ccccc5)cc4c4cc5c(cc43)C(c3ccccc3)(c3ccccc3)c3ccccc3-5)c2)cc1. The van der Waals surface area contributed by atoms with Crippen molar-refractivity contribution in [2.45, 2.75) is 5.41 Å². The highest BCUT2D eigenvalue weighted by Crippen LogP contribution is 2.57. The molecule has 13 rings (SSSR count). The van der Waals surface area contributed by atoms with Gasteiger partial charge in [-0.3, -0.25) is 0 Å². The number of hydrogen-bond acceptors (Lipinski definition) is 0. The van der Waals surface area contributed by atoms with Gasteiger partial charge in [-0.05, 0) is 122 Å². The third-order valence-corrected chi connectivity index (χ3v) is 13.6. The molecule has 0 bridgehead atoms. The van der Waals surface area contributed by atoms with Gasteiger partial charge in [0.1, 0.15) is 0 Å². The van der Waals surface area contributed by atoms with E-state index < -0.39 is 5.41 Å². The van der Waals surface area contributed by atoms with Gasteiger partial charge in [0.2, 0.25) is 0 Å². The Labute approximate surface area is 366 Å². The lowest BCUT2D eigenvalue weighted by molar-refractivity contribution is 0.769. The highest BCUT2D eigenvalue weighted by atomic mass is 15.0. The summed E-state index contributed by atoms with van der Waals surface area (Å²) < 4.78 is 4.89. The first-order valence-corrected chi connectivity index (χ1v) is 21.8. The van der Waals surface area contributed by atoms with Crippen LogP contribution in [-0.4, -0.2) is 9.13 Å². The van der Waals surface area contributed by atoms with Crippen molar-refractivity contribution in [2.24, 2.45) is 0 Å². The molecule has 0 unspecified atom stereocenters. The van der Waals surface area contributed by atoms with Crippen molar-refractivity contribution >= 4 is 43.6 Å². The van der Waals surface area contributed by atoms with Crippen LogP contribution in [0.1, 0.15) is 22.3 Å². The molecule has 10 aromatic carbocycles. The summed E-state index contributed by atoms with van der Waals surface area (Å²) in [5.41, 5.74) is 19.1. The molecule has 1 aliphatic rings. The second-order valence-corrected chi connectivity index (χ2v) is 16.8. The normalized spacial score (nSPS) is 12.9. The van der Waals surface area contributed by atoms with E-state index in [1.807, 2.05) is 0 Å². The maximum Gasteiger partial charge on any atom is 0.0714 e. The van der Waals surface area contributed by atoms with Gasteiger partial charge in [0, 0.05) is 32.9 Å². The second-order valence-electron chi connectivity index (χ2n) is 16.8. The molecular weight excluding hydrogens is 761 g/mol. The quantitative estimate of drug-likeness (QED) is 0.159. The summed E-state index contributed by atoms with van der Waals surface area (Å²) in [6, 6.07) is 89.6. The first-order valence-electron chi connectivity index (χ1n) is 21.8. The molecule has 0 spiro atoms. The number of rotatable bonds is 6. The van der Waals surface area contributed by atoms with Crippen molar-refractivity contribution < 1.29 is 0 Å². The maximum atomic E-state index is 2.52. The molecule has 294 valence electrons. The average molecular weight is 801 g/mol. The van der Waals surface area contributed by atoms with Gasteiger partial charge in [-0.15, -0.1) is 0 Å². The van der Waals surface area contributed by atoms with Gasteiger partial charge in [-0.2, -0.15) is 0 Å². The standard InChI is InChI=1S/C61H40N2/c1-5-18-41(19-6-1)42-20-17-27-48(36-42)63-59-35-33-44(43-32-34-58-52(37-43)50-29-14-16-31-57(50)62(58)47-25-11-4-12-26-47)38-53(59)54-39-51-49-28-13-15-30-55(49)61(56(51)40-60(54)63,45-21-7-2-8-22-45)46-23-9-3-10-24-46/h1-40H. The van der Waals surface area contributed by atoms with E-state index in [0.29, 0.717) is 0 Å². The number of para-hydroxylation sites is 2. The number of fused-ring (bicyclic) bond motifs is 9. The van der Waals surface area contributed by atoms with E-state index >= 15 is 0 Å². The van der Waals surface area contributed by atoms with Crippen LogP contribution in [0.3, 0.4) is 0 Å². The van der Waals surface area contributed by atoms with Crippen molar-refractivity contribution in [3.05, 3.63) is 265 Å². The number of benzene rings is 10. The lowest BCUT2D eigenvalue weighted by Gasteiger charge is -2.34. The van der Waals surface area contributed by atoms with E-state index in [0.717, 1.165) is 5.69 Å². The summed E-state index contributed by atoms with van der Waals surface area (Å²) in [7, 11) is 0. The zero-order valence-electron chi connectivity index (χ0n) is 34.5. The summed E-state index contributed by atoms with van der Waals surface area (Å²) in [6.45, 7) is 0. The minimum atomic E-state index is -0.505. The highest BCUT2D eigenvalue weighted by Gasteiger charge is 2.46. The zero-order valence-corrected chi connectivity index (χ0v) is 34.5. The monoisotopic (exact) mass is 800 g/mol. The van der Waals surface area contributed by atoms with E-state index in [1.165, 1.54) is 105 Å². The molecule has 2 heterocycles. The first-order chi connectivity index (χ1) is 31.3. The fourth-order valence-electron chi connectivity index (χ4n) is 10.9. The summed E-state index contributed by atoms with van der Waals surface area (Å²) in [5.74, 6) is 0. The Morgan fingerprint density at radius 3 is 1.44 bits per heavy atom. The third-order valence-electron chi connectivity index (χ3n) is 13.6. The number of aromatic nitrogens is 2. The predicted molar refractivity (Wildman–Crippen MR) is 263 cm³/mol. The molecule has 0 fully saturated rings. The van der Waals surface area contributed by atoms with Gasteiger partial charge in [0.15, 0.2) is 0 Å². The summed E-state index contributed by atoms with van der Waals surface area (Å²) >= 11 is 0. The predicted octanol–water partition coefficient (Wildman–Crippen LogP) is 15.6. The minimum absolute atomic E-state index is 0.505. The highest BCUT2D eigenvalue weighted by molar-refractivity contribution is 6.14. The van der Waals surface area contributed by atoms with Gasteiger partial charge >= 0.3 is 0 Å². The Morgan fingerprint density at radius 2 is 0.746 bits per heavy atom. The second kappa shape index (κ2) is 13.9. The van der Waals surface area contributed by atoms with Crippen LogP contribution in [0.4, 0.5) is 0 Å². The van der Waals surface area contributed by atoms with Gasteiger partial charge < -0.3 is 9.13 Å². The lowest BCUT2D eigenvalue weighted by atomic mass is 9.67. The van der Waals surface area contributed by atoms with Crippen molar-refractivity contribution in [1.82, 2.24) is 9.13 Å². The lowest BCUT2D eigenvalue weighted by Crippen LogP contribution is -2.28. The molecule has 0 radical (unpaired) electrons. The average Bonchev–Trinajstić information content (AvgIpc) is 3.97. The maximum absolute atomic E-state index is 2.52. The first kappa shape index (κ1) is 35.5. The molecule has 2 heteroatoms. The summed E-state index contributed by atoms with van der Waals surface area (Å²) in [5, 5.41) is 4.98. The van der Waals surface area contributed by atoms with Crippen molar-refractivity contribution in [3.8, 4) is 44.8 Å². The number of nitrogens with zero attached hydrogens (tertiary/aromatic N) is 2. The van der Waals surface area contributed by atoms with Crippen LogP contribution >= 0.6 is 0 Å². The molecule has 2 aromatic heterocycles. The fraction of sp³-hybridized carbons (Fsp3) is 0.0164. The van der Waals surface area contributed by atoms with Crippen LogP contribution in [0.5, 0.6) is 0 Å². The van der Waals surface area contributed by atoms with Crippen molar-refractivity contribution in [1.29, 1.82) is 0 Å². The van der Waals surface area contributed by atoms with Gasteiger partial charge in [-0.1, -0.05) is 176 Å². The van der Waals surface area contributed by atoms with Crippen molar-refractivity contribution in [2.75, 3.05) is 0 Å². The van der Waals surface area contributed by atoms with E-state index in [-0.39, 0.29) is 0 Å². The van der Waals surface area contributed by atoms with Crippen LogP contribution in [0, 0.1) is 0 Å². The smallest absolute Gasteiger partial charge is 0.0714 e. The molecule has 0 atom stereocenters. The number of hydrogen-bond donors (Lipinski definition) is 0. The molecular formula is C61H40N2. The molecule has 63 heavy (non-hydrogen) atoms. The molecule has 0 saturated carbocycles. The van der Waals surface area contributed by atoms with E-state index in [2.05, 4.69) is 252 Å². The van der Waals surface area contributed by atoms with Crippen LogP contribution in [0.15, 0.2) is 243 Å². The van der Waals surface area contributed by atoms with Gasteiger partial charge in [0.05, 0.1) is 27.5 Å². The van der Waals surface area contributed by atoms with E-state index in [4.69, 9.17) is 0 Å². The van der Waals surface area contributed by atoms with Gasteiger partial charge in [0.25, 0.3) is 0 Å². The van der Waals surface area contributed by atoms with Crippen molar-refractivity contribution in [3.63, 3.8) is 0 Å². The van der Waals surface area contributed by atoms with Crippen LogP contribution in [-0.2, 0) is 5.41 Å². The molecule has 0 N–H and O–H groups in total. The Kier molecular flexibility index (Phi) is 7.85. The summed E-state index contributed by atoms with van der Waals surface area (Å²) in [6.07, 6.45) is 0. The topological polar surface area (TPSA) is 9.86 Å².